The molecule has 6 N–H and O–H groups in total. The maximum absolute atomic E-state index is 10.4. The van der Waals surface area contributed by atoms with Crippen molar-refractivity contribution in [3.63, 3.8) is 0 Å². The average Bonchev–Trinajstić information content (AvgIpc) is 3.22. The molecule has 0 unspecified atom stereocenters. The van der Waals surface area contributed by atoms with Gasteiger partial charge in [-0.05, 0) is 17.7 Å². The van der Waals surface area contributed by atoms with Crippen LogP contribution in [0.15, 0.2) is 35.7 Å². The molecule has 2 aromatic heterocycles. The Balaban J connectivity index is 1.71. The van der Waals surface area contributed by atoms with Crippen LogP contribution in [-0.4, -0.2) is 66.0 Å². The van der Waals surface area contributed by atoms with Crippen LogP contribution >= 0.6 is 11.6 Å². The molecule has 3 aromatic rings. The molecule has 29 heavy (non-hydrogen) atoms. The third kappa shape index (κ3) is 3.61. The first-order valence-corrected chi connectivity index (χ1v) is 9.03. The number of nitrogens with one attached hydrogen (secondary N) is 1. The number of anilines is 2. The highest BCUT2D eigenvalue weighted by Crippen LogP contribution is 2.35. The molecule has 1 aromatic carbocycles. The second-order valence-corrected chi connectivity index (χ2v) is 6.82. The standard InChI is InChI=1S/C17H18ClN7O4/c18-9-3-1-8(2-4-9)5-22-24-17-23-11-14(19)20-7-21-15(11)25(17)16-13(28)12(27)10(6-26)29-16/h1-5,7,10,12-13,16,26-28H,6H2,(H,23,24)(H2,19,20,21)/b22-5+/t10-,12-,13-,16-/m1/s1. The van der Waals surface area contributed by atoms with Crippen LogP contribution in [0.25, 0.3) is 11.2 Å². The van der Waals surface area contributed by atoms with E-state index in [1.165, 1.54) is 10.9 Å². The van der Waals surface area contributed by atoms with Gasteiger partial charge in [0.15, 0.2) is 23.2 Å². The molecule has 12 heteroatoms. The molecule has 4 atom stereocenters. The quantitative estimate of drug-likeness (QED) is 0.285. The third-order valence-electron chi connectivity index (χ3n) is 4.53. The van der Waals surface area contributed by atoms with E-state index in [2.05, 4.69) is 25.5 Å². The number of hydrazone groups is 1. The number of aliphatic hydroxyl groups excluding tert-OH is 3. The fourth-order valence-electron chi connectivity index (χ4n) is 3.05. The average molecular weight is 420 g/mol. The number of nitrogens with zero attached hydrogens (tertiary/aromatic N) is 5. The van der Waals surface area contributed by atoms with Gasteiger partial charge in [-0.1, -0.05) is 23.7 Å². The second-order valence-electron chi connectivity index (χ2n) is 6.39. The lowest BCUT2D eigenvalue weighted by atomic mass is 10.1. The van der Waals surface area contributed by atoms with Crippen molar-refractivity contribution in [3.05, 3.63) is 41.2 Å². The van der Waals surface area contributed by atoms with E-state index in [4.69, 9.17) is 22.1 Å². The topological polar surface area (TPSA) is 164 Å². The predicted molar refractivity (Wildman–Crippen MR) is 105 cm³/mol. The first-order valence-electron chi connectivity index (χ1n) is 8.65. The normalized spacial score (nSPS) is 24.6. The van der Waals surface area contributed by atoms with E-state index in [1.807, 2.05) is 0 Å². The van der Waals surface area contributed by atoms with Crippen molar-refractivity contribution in [1.82, 2.24) is 19.5 Å². The van der Waals surface area contributed by atoms with E-state index < -0.39 is 31.1 Å². The van der Waals surface area contributed by atoms with E-state index in [0.29, 0.717) is 5.02 Å². The first-order chi connectivity index (χ1) is 14.0. The van der Waals surface area contributed by atoms with Gasteiger partial charge in [0.05, 0.1) is 12.8 Å². The van der Waals surface area contributed by atoms with Gasteiger partial charge in [-0.15, -0.1) is 0 Å². The van der Waals surface area contributed by atoms with Gasteiger partial charge in [-0.3, -0.25) is 4.57 Å². The largest absolute Gasteiger partial charge is 0.394 e. The molecular weight excluding hydrogens is 402 g/mol. The van der Waals surface area contributed by atoms with Gasteiger partial charge in [0.25, 0.3) is 0 Å². The molecule has 0 aliphatic carbocycles. The summed E-state index contributed by atoms with van der Waals surface area (Å²) in [5.41, 5.74) is 9.99. The number of ether oxygens (including phenoxy) is 1. The summed E-state index contributed by atoms with van der Waals surface area (Å²) in [6.45, 7) is -0.462. The number of aromatic nitrogens is 4. The van der Waals surface area contributed by atoms with E-state index in [9.17, 15) is 15.3 Å². The molecular formula is C17H18ClN7O4. The third-order valence-corrected chi connectivity index (χ3v) is 4.78. The number of fused-ring (bicyclic) bond motifs is 1. The number of benzene rings is 1. The maximum Gasteiger partial charge on any atom is 0.228 e. The maximum atomic E-state index is 10.4. The van der Waals surface area contributed by atoms with Gasteiger partial charge in [-0.25, -0.2) is 20.4 Å². The first kappa shape index (κ1) is 19.5. The number of imidazole rings is 1. The predicted octanol–water partition coefficient (Wildman–Crippen LogP) is 0.119. The van der Waals surface area contributed by atoms with Crippen LogP contribution in [0.1, 0.15) is 11.8 Å². The van der Waals surface area contributed by atoms with Crippen LogP contribution in [0.5, 0.6) is 0 Å². The molecule has 3 heterocycles. The summed E-state index contributed by atoms with van der Waals surface area (Å²) < 4.78 is 7.02. The Hall–Kier alpha value is -2.83. The summed E-state index contributed by atoms with van der Waals surface area (Å²) >= 11 is 5.87. The Morgan fingerprint density at radius 2 is 2.00 bits per heavy atom. The van der Waals surface area contributed by atoms with Crippen molar-refractivity contribution in [2.75, 3.05) is 17.8 Å². The smallest absolute Gasteiger partial charge is 0.228 e. The molecule has 1 saturated heterocycles. The SMILES string of the molecule is Nc1ncnc2c1nc(N/N=C/c1ccc(Cl)cc1)n2[C@@H]1O[C@H](CO)[C@@H](O)[C@H]1O. The molecule has 1 aliphatic heterocycles. The summed E-state index contributed by atoms with van der Waals surface area (Å²) in [7, 11) is 0. The van der Waals surface area contributed by atoms with E-state index in [0.717, 1.165) is 5.56 Å². The molecule has 1 aliphatic rings. The van der Waals surface area contributed by atoms with E-state index >= 15 is 0 Å². The lowest BCUT2D eigenvalue weighted by molar-refractivity contribution is -0.0501. The van der Waals surface area contributed by atoms with Gasteiger partial charge in [0.2, 0.25) is 5.95 Å². The number of aliphatic hydroxyl groups is 3. The van der Waals surface area contributed by atoms with Crippen molar-refractivity contribution < 1.29 is 20.1 Å². The van der Waals surface area contributed by atoms with E-state index in [1.54, 1.807) is 30.5 Å². The summed E-state index contributed by atoms with van der Waals surface area (Å²) in [5.74, 6) is 0.289. The highest BCUT2D eigenvalue weighted by Gasteiger charge is 2.45. The van der Waals surface area contributed by atoms with Crippen LogP contribution in [0.4, 0.5) is 11.8 Å². The van der Waals surface area contributed by atoms with Gasteiger partial charge >= 0.3 is 0 Å². The molecule has 0 saturated carbocycles. The van der Waals surface area contributed by atoms with Crippen molar-refractivity contribution >= 4 is 40.7 Å². The zero-order valence-electron chi connectivity index (χ0n) is 14.9. The van der Waals surface area contributed by atoms with Crippen LogP contribution < -0.4 is 11.2 Å². The molecule has 0 spiro atoms. The van der Waals surface area contributed by atoms with Gasteiger partial charge in [-0.2, -0.15) is 5.10 Å². The molecule has 0 radical (unpaired) electrons. The number of hydrogen-bond acceptors (Lipinski definition) is 10. The van der Waals surface area contributed by atoms with Crippen molar-refractivity contribution in [1.29, 1.82) is 0 Å². The lowest BCUT2D eigenvalue weighted by Crippen LogP contribution is -2.33. The number of halogens is 1. The van der Waals surface area contributed by atoms with Gasteiger partial charge in [0.1, 0.15) is 24.6 Å². The molecule has 0 amide bonds. The van der Waals surface area contributed by atoms with Crippen LogP contribution in [-0.2, 0) is 4.74 Å². The fourth-order valence-corrected chi connectivity index (χ4v) is 3.18. The highest BCUT2D eigenvalue weighted by molar-refractivity contribution is 6.30. The summed E-state index contributed by atoms with van der Waals surface area (Å²) in [6, 6.07) is 7.03. The van der Waals surface area contributed by atoms with Crippen LogP contribution in [0.2, 0.25) is 5.02 Å². The van der Waals surface area contributed by atoms with Crippen molar-refractivity contribution in [3.8, 4) is 0 Å². The minimum atomic E-state index is -1.33. The number of nitrogens with two attached hydrogens (primary N) is 1. The Kier molecular flexibility index (Phi) is 5.30. The Labute approximate surface area is 169 Å². The molecule has 11 nitrogen and oxygen atoms in total. The number of hydrogen-bond donors (Lipinski definition) is 5. The second kappa shape index (κ2) is 7.89. The molecule has 4 rings (SSSR count). The Morgan fingerprint density at radius 3 is 2.69 bits per heavy atom. The number of nitrogen functional groups attached to an aromatic ring is 1. The van der Waals surface area contributed by atoms with E-state index in [-0.39, 0.29) is 22.9 Å². The summed E-state index contributed by atoms with van der Waals surface area (Å²) in [4.78, 5) is 12.4. The minimum absolute atomic E-state index is 0.130. The van der Waals surface area contributed by atoms with Crippen molar-refractivity contribution in [2.24, 2.45) is 5.10 Å². The Morgan fingerprint density at radius 1 is 1.24 bits per heavy atom. The van der Waals surface area contributed by atoms with Crippen molar-refractivity contribution in [2.45, 2.75) is 24.5 Å². The lowest BCUT2D eigenvalue weighted by Gasteiger charge is -2.18. The highest BCUT2D eigenvalue weighted by atomic mass is 35.5. The zero-order valence-corrected chi connectivity index (χ0v) is 15.7. The number of rotatable bonds is 5. The van der Waals surface area contributed by atoms with Gasteiger partial charge < -0.3 is 25.8 Å². The van der Waals surface area contributed by atoms with Crippen LogP contribution in [0, 0.1) is 0 Å². The Bertz CT molecular complexity index is 1040. The molecule has 152 valence electrons. The molecule has 1 fully saturated rings. The zero-order chi connectivity index (χ0) is 20.5. The van der Waals surface area contributed by atoms with Crippen LogP contribution in [0.3, 0.4) is 0 Å². The monoisotopic (exact) mass is 419 g/mol. The molecule has 0 bridgehead atoms. The summed E-state index contributed by atoms with van der Waals surface area (Å²) in [6.07, 6.45) is -1.86. The fraction of sp³-hybridized carbons (Fsp3) is 0.294. The summed E-state index contributed by atoms with van der Waals surface area (Å²) in [5, 5.41) is 34.6. The van der Waals surface area contributed by atoms with Gasteiger partial charge in [0, 0.05) is 5.02 Å². The minimum Gasteiger partial charge on any atom is -0.394 e.